The van der Waals surface area contributed by atoms with E-state index >= 15 is 0 Å². The first-order valence-electron chi connectivity index (χ1n) is 8.38. The Morgan fingerprint density at radius 3 is 2.42 bits per heavy atom. The van der Waals surface area contributed by atoms with Crippen LogP contribution in [-0.4, -0.2) is 26.0 Å². The van der Waals surface area contributed by atoms with Crippen LogP contribution in [0.15, 0.2) is 42.5 Å². The quantitative estimate of drug-likeness (QED) is 0.894. The first kappa shape index (κ1) is 18.1. The molecule has 0 radical (unpaired) electrons. The smallest absolute Gasteiger partial charge is 0.255 e. The summed E-state index contributed by atoms with van der Waals surface area (Å²) >= 11 is 0. The molecule has 1 saturated heterocycles. The largest absolute Gasteiger partial charge is 0.322 e. The van der Waals surface area contributed by atoms with E-state index in [4.69, 9.17) is 0 Å². The van der Waals surface area contributed by atoms with Gasteiger partial charge in [-0.3, -0.25) is 9.59 Å². The number of sulfonamides is 1. The minimum Gasteiger partial charge on any atom is -0.322 e. The highest BCUT2D eigenvalue weighted by atomic mass is 32.2. The molecular weight excluding hydrogens is 352 g/mol. The average molecular weight is 372 g/mol. The summed E-state index contributed by atoms with van der Waals surface area (Å²) in [6.45, 7) is 3.96. The van der Waals surface area contributed by atoms with Crippen molar-refractivity contribution in [2.75, 3.05) is 15.4 Å². The van der Waals surface area contributed by atoms with Crippen molar-refractivity contribution in [1.29, 1.82) is 0 Å². The van der Waals surface area contributed by atoms with Crippen molar-refractivity contribution in [1.82, 2.24) is 0 Å². The lowest BCUT2D eigenvalue weighted by molar-refractivity contribution is -0.116. The van der Waals surface area contributed by atoms with Gasteiger partial charge in [0.2, 0.25) is 15.9 Å². The van der Waals surface area contributed by atoms with E-state index in [0.717, 1.165) is 27.5 Å². The highest BCUT2D eigenvalue weighted by molar-refractivity contribution is 7.94. The maximum absolute atomic E-state index is 12.5. The molecular formula is C19H20N2O4S. The number of rotatable bonds is 4. The number of aryl methyl sites for hydroxylation is 2. The van der Waals surface area contributed by atoms with Crippen LogP contribution in [0.25, 0.3) is 0 Å². The van der Waals surface area contributed by atoms with Crippen LogP contribution in [0.2, 0.25) is 0 Å². The molecule has 0 spiro atoms. The summed E-state index contributed by atoms with van der Waals surface area (Å²) < 4.78 is 24.7. The number of anilines is 2. The topological polar surface area (TPSA) is 83.6 Å². The number of hydrogen-bond acceptors (Lipinski definition) is 4. The second-order valence-corrected chi connectivity index (χ2v) is 8.17. The van der Waals surface area contributed by atoms with Crippen LogP contribution in [0.3, 0.4) is 0 Å². The Hall–Kier alpha value is -2.67. The molecule has 0 saturated carbocycles. The first-order valence-corrected chi connectivity index (χ1v) is 9.99. The van der Waals surface area contributed by atoms with Gasteiger partial charge in [-0.25, -0.2) is 12.7 Å². The SMILES string of the molecule is CCc1ccc(C)c(NC(=O)c2ccc(N3C(=O)CCS3(=O)=O)cc2)c1. The summed E-state index contributed by atoms with van der Waals surface area (Å²) in [6, 6.07) is 11.9. The standard InChI is InChI=1S/C19H20N2O4S/c1-3-14-5-4-13(2)17(12-14)20-19(23)15-6-8-16(9-7-15)21-18(22)10-11-26(21,24)25/h4-9,12H,3,10-11H2,1-2H3,(H,20,23). The van der Waals surface area contributed by atoms with E-state index < -0.39 is 15.9 Å². The van der Waals surface area contributed by atoms with Gasteiger partial charge in [-0.2, -0.15) is 0 Å². The highest BCUT2D eigenvalue weighted by Crippen LogP contribution is 2.26. The van der Waals surface area contributed by atoms with Crippen LogP contribution < -0.4 is 9.62 Å². The number of nitrogens with one attached hydrogen (secondary N) is 1. The number of carbonyl (C=O) groups is 2. The number of carbonyl (C=O) groups excluding carboxylic acids is 2. The van der Waals surface area contributed by atoms with E-state index in [0.29, 0.717) is 5.56 Å². The number of hydrogen-bond donors (Lipinski definition) is 1. The molecule has 2 aromatic rings. The molecule has 1 fully saturated rings. The van der Waals surface area contributed by atoms with E-state index in [-0.39, 0.29) is 23.8 Å². The summed E-state index contributed by atoms with van der Waals surface area (Å²) in [5.74, 6) is -0.918. The molecule has 0 unspecified atom stereocenters. The molecule has 0 atom stereocenters. The molecule has 1 heterocycles. The molecule has 2 aromatic carbocycles. The number of amides is 2. The molecule has 3 rings (SSSR count). The molecule has 136 valence electrons. The van der Waals surface area contributed by atoms with Crippen LogP contribution in [0.4, 0.5) is 11.4 Å². The number of benzene rings is 2. The van der Waals surface area contributed by atoms with Gasteiger partial charge in [-0.05, 0) is 54.8 Å². The van der Waals surface area contributed by atoms with E-state index in [9.17, 15) is 18.0 Å². The van der Waals surface area contributed by atoms with Crippen molar-refractivity contribution < 1.29 is 18.0 Å². The maximum atomic E-state index is 12.5. The van der Waals surface area contributed by atoms with Crippen LogP contribution in [0.1, 0.15) is 34.8 Å². The molecule has 1 N–H and O–H groups in total. The second-order valence-electron chi connectivity index (χ2n) is 6.23. The minimum absolute atomic E-state index is 0.0163. The maximum Gasteiger partial charge on any atom is 0.255 e. The lowest BCUT2D eigenvalue weighted by atomic mass is 10.1. The monoisotopic (exact) mass is 372 g/mol. The molecule has 0 aromatic heterocycles. The van der Waals surface area contributed by atoms with Gasteiger partial charge in [0.1, 0.15) is 0 Å². The van der Waals surface area contributed by atoms with Crippen LogP contribution in [0, 0.1) is 6.92 Å². The normalized spacial score (nSPS) is 15.9. The van der Waals surface area contributed by atoms with E-state index in [1.54, 1.807) is 0 Å². The van der Waals surface area contributed by atoms with Crippen molar-refractivity contribution >= 4 is 33.2 Å². The van der Waals surface area contributed by atoms with Gasteiger partial charge in [0, 0.05) is 17.7 Å². The van der Waals surface area contributed by atoms with Gasteiger partial charge in [0.15, 0.2) is 0 Å². The summed E-state index contributed by atoms with van der Waals surface area (Å²) in [6.07, 6.45) is 0.855. The van der Waals surface area contributed by atoms with E-state index in [1.807, 2.05) is 32.0 Å². The van der Waals surface area contributed by atoms with Crippen molar-refractivity contribution in [2.24, 2.45) is 0 Å². The van der Waals surface area contributed by atoms with Gasteiger partial charge in [-0.15, -0.1) is 0 Å². The summed E-state index contributed by atoms with van der Waals surface area (Å²) in [5, 5.41) is 2.88. The Balaban J connectivity index is 1.81. The van der Waals surface area contributed by atoms with Crippen molar-refractivity contribution in [3.8, 4) is 0 Å². The Labute approximate surface area is 152 Å². The fraction of sp³-hybridized carbons (Fsp3) is 0.263. The minimum atomic E-state index is -3.60. The van der Waals surface area contributed by atoms with Crippen molar-refractivity contribution in [2.45, 2.75) is 26.7 Å². The van der Waals surface area contributed by atoms with Crippen LogP contribution in [0.5, 0.6) is 0 Å². The van der Waals surface area contributed by atoms with Crippen LogP contribution in [-0.2, 0) is 21.2 Å². The predicted molar refractivity (Wildman–Crippen MR) is 101 cm³/mol. The van der Waals surface area contributed by atoms with Crippen molar-refractivity contribution in [3.63, 3.8) is 0 Å². The zero-order valence-electron chi connectivity index (χ0n) is 14.7. The fourth-order valence-corrected chi connectivity index (χ4v) is 4.29. The van der Waals surface area contributed by atoms with Gasteiger partial charge in [0.05, 0.1) is 11.4 Å². The zero-order valence-corrected chi connectivity index (χ0v) is 15.5. The molecule has 6 nitrogen and oxygen atoms in total. The van der Waals surface area contributed by atoms with Gasteiger partial charge in [0.25, 0.3) is 5.91 Å². The lowest BCUT2D eigenvalue weighted by Gasteiger charge is -2.15. The Kier molecular flexibility index (Phi) is 4.82. The summed E-state index contributed by atoms with van der Waals surface area (Å²) in [7, 11) is -3.60. The fourth-order valence-electron chi connectivity index (χ4n) is 2.84. The molecule has 2 amide bonds. The third kappa shape index (κ3) is 3.48. The Bertz CT molecular complexity index is 966. The van der Waals surface area contributed by atoms with Crippen molar-refractivity contribution in [3.05, 3.63) is 59.2 Å². The second kappa shape index (κ2) is 6.92. The van der Waals surface area contributed by atoms with E-state index in [2.05, 4.69) is 5.32 Å². The Morgan fingerprint density at radius 1 is 1.15 bits per heavy atom. The molecule has 26 heavy (non-hydrogen) atoms. The first-order chi connectivity index (χ1) is 12.3. The number of nitrogens with zero attached hydrogens (tertiary/aromatic N) is 1. The van der Waals surface area contributed by atoms with Gasteiger partial charge in [-0.1, -0.05) is 19.1 Å². The molecule has 1 aliphatic rings. The average Bonchev–Trinajstić information content (AvgIpc) is 2.89. The zero-order chi connectivity index (χ0) is 18.9. The highest BCUT2D eigenvalue weighted by Gasteiger charge is 2.36. The van der Waals surface area contributed by atoms with Crippen LogP contribution >= 0.6 is 0 Å². The van der Waals surface area contributed by atoms with E-state index in [1.165, 1.54) is 24.3 Å². The molecule has 7 heteroatoms. The third-order valence-corrected chi connectivity index (χ3v) is 6.09. The summed E-state index contributed by atoms with van der Waals surface area (Å²) in [4.78, 5) is 24.3. The molecule has 0 bridgehead atoms. The summed E-state index contributed by atoms with van der Waals surface area (Å²) in [5.41, 5.74) is 3.47. The predicted octanol–water partition coefficient (Wildman–Crippen LogP) is 2.88. The van der Waals surface area contributed by atoms with Gasteiger partial charge < -0.3 is 5.32 Å². The van der Waals surface area contributed by atoms with Gasteiger partial charge >= 0.3 is 0 Å². The third-order valence-electron chi connectivity index (χ3n) is 4.40. The lowest BCUT2D eigenvalue weighted by Crippen LogP contribution is -2.29. The molecule has 0 aliphatic carbocycles. The molecule has 1 aliphatic heterocycles. The Morgan fingerprint density at radius 2 is 1.85 bits per heavy atom.